The highest BCUT2D eigenvalue weighted by Gasteiger charge is 2.44. The van der Waals surface area contributed by atoms with Crippen molar-refractivity contribution < 1.29 is 27.8 Å². The van der Waals surface area contributed by atoms with Gasteiger partial charge in [-0.25, -0.2) is 13.1 Å². The number of nitrogens with one attached hydrogen (secondary N) is 1. The Morgan fingerprint density at radius 2 is 2.00 bits per heavy atom. The number of hydrogen-bond acceptors (Lipinski definition) is 7. The first-order valence-electron chi connectivity index (χ1n) is 15.8. The van der Waals surface area contributed by atoms with Gasteiger partial charge in [-0.15, -0.1) is 0 Å². The third kappa shape index (κ3) is 5.88. The van der Waals surface area contributed by atoms with Gasteiger partial charge in [0, 0.05) is 36.2 Å². The van der Waals surface area contributed by atoms with E-state index < -0.39 is 33.4 Å². The summed E-state index contributed by atoms with van der Waals surface area (Å²) in [6.45, 7) is 5.47. The number of benzene rings is 2. The number of aliphatic hydroxyl groups excluding tert-OH is 1. The summed E-state index contributed by atoms with van der Waals surface area (Å²) in [6, 6.07) is 11.3. The van der Waals surface area contributed by atoms with Gasteiger partial charge in [0.15, 0.2) is 0 Å². The van der Waals surface area contributed by atoms with Crippen molar-refractivity contribution in [3.63, 3.8) is 0 Å². The molecule has 2 aliphatic heterocycles. The average Bonchev–Trinajstić information content (AvgIpc) is 3.10. The fourth-order valence-corrected chi connectivity index (χ4v) is 9.96. The largest absolute Gasteiger partial charge is 0.490 e. The van der Waals surface area contributed by atoms with Crippen molar-refractivity contribution in [2.75, 3.05) is 31.7 Å². The number of aliphatic hydroxyl groups is 1. The standard InChI is InChI=1S/C34H43ClN2O6S/c1-21(2)32-31(42-3)8-4-7-29(38)26-12-9-24(26)18-37-19-34(15-5-6-22-16-25(35)11-13-27(22)34)20-43-30-14-10-23(17-28(30)37)33(39)36-44(32,40)41/h4,7,10-11,13-14,16-17,21,24,26,29,31-32,38H,5-6,8-9,12,15,18-20H2,1-3H3,(H,36,39)/b7-4+/t24-,26?,29-,31-,32+,34-/m0/s1. The molecule has 6 rings (SSSR count). The molecular formula is C34H43ClN2O6S. The van der Waals surface area contributed by atoms with Crippen LogP contribution in [0.25, 0.3) is 0 Å². The maximum atomic E-state index is 13.6. The molecule has 2 aliphatic carbocycles. The fraction of sp³-hybridized carbons (Fsp3) is 0.559. The molecule has 2 bridgehead atoms. The van der Waals surface area contributed by atoms with Gasteiger partial charge in [-0.05, 0) is 97.7 Å². The highest BCUT2D eigenvalue weighted by molar-refractivity contribution is 7.90. The van der Waals surface area contributed by atoms with Crippen molar-refractivity contribution in [3.05, 3.63) is 70.3 Å². The first kappa shape index (κ1) is 31.4. The SMILES string of the molecule is CO[C@H]1C/C=C/[C@H](O)C2CC[C@H]2CN2C[C@@]3(CCCc4cc(Cl)ccc43)COc3ccc(cc32)C(=O)NS(=O)(=O)[C@@H]1C(C)C. The molecule has 0 aromatic heterocycles. The van der Waals surface area contributed by atoms with E-state index >= 15 is 0 Å². The number of carbonyl (C=O) groups is 1. The molecular weight excluding hydrogens is 600 g/mol. The van der Waals surface area contributed by atoms with Crippen LogP contribution in [0.5, 0.6) is 5.75 Å². The van der Waals surface area contributed by atoms with Crippen molar-refractivity contribution >= 4 is 33.2 Å². The van der Waals surface area contributed by atoms with E-state index in [1.54, 1.807) is 38.1 Å². The molecule has 4 aliphatic rings. The maximum Gasteiger partial charge on any atom is 0.264 e. The van der Waals surface area contributed by atoms with E-state index in [1.807, 2.05) is 12.1 Å². The molecule has 2 aromatic carbocycles. The van der Waals surface area contributed by atoms with E-state index in [9.17, 15) is 18.3 Å². The molecule has 238 valence electrons. The minimum Gasteiger partial charge on any atom is -0.490 e. The molecule has 1 saturated carbocycles. The Morgan fingerprint density at radius 3 is 2.73 bits per heavy atom. The first-order chi connectivity index (χ1) is 21.0. The van der Waals surface area contributed by atoms with Gasteiger partial charge in [-0.1, -0.05) is 43.7 Å². The highest BCUT2D eigenvalue weighted by atomic mass is 35.5. The van der Waals surface area contributed by atoms with Gasteiger partial charge in [0.25, 0.3) is 5.91 Å². The quantitative estimate of drug-likeness (QED) is 0.431. The maximum absolute atomic E-state index is 13.6. The average molecular weight is 643 g/mol. The van der Waals surface area contributed by atoms with Crippen LogP contribution in [-0.4, -0.2) is 63.7 Å². The number of halogens is 1. The number of methoxy groups -OCH3 is 1. The Balaban J connectivity index is 1.43. The second-order valence-corrected chi connectivity index (χ2v) is 15.7. The van der Waals surface area contributed by atoms with E-state index in [0.717, 1.165) is 42.8 Å². The summed E-state index contributed by atoms with van der Waals surface area (Å²) in [6.07, 6.45) is 7.43. The molecule has 10 heteroatoms. The number of amides is 1. The number of fused-ring (bicyclic) bond motifs is 4. The van der Waals surface area contributed by atoms with Crippen molar-refractivity contribution in [2.45, 2.75) is 75.2 Å². The lowest BCUT2D eigenvalue weighted by Crippen LogP contribution is -2.49. The molecule has 8 nitrogen and oxygen atoms in total. The van der Waals surface area contributed by atoms with Crippen molar-refractivity contribution in [1.29, 1.82) is 0 Å². The lowest BCUT2D eigenvalue weighted by Gasteiger charge is -2.45. The van der Waals surface area contributed by atoms with Crippen molar-refractivity contribution in [1.82, 2.24) is 4.72 Å². The number of rotatable bonds is 2. The van der Waals surface area contributed by atoms with E-state index in [4.69, 9.17) is 21.1 Å². The van der Waals surface area contributed by atoms with E-state index in [1.165, 1.54) is 18.2 Å². The number of carbonyl (C=O) groups excluding carboxylic acids is 1. The van der Waals surface area contributed by atoms with Gasteiger partial charge in [0.1, 0.15) is 11.0 Å². The number of anilines is 1. The van der Waals surface area contributed by atoms with E-state index in [0.29, 0.717) is 31.9 Å². The van der Waals surface area contributed by atoms with Crippen molar-refractivity contribution in [3.8, 4) is 5.75 Å². The number of hydrogen-bond donors (Lipinski definition) is 2. The van der Waals surface area contributed by atoms with Crippen LogP contribution >= 0.6 is 11.6 Å². The molecule has 6 atom stereocenters. The van der Waals surface area contributed by atoms with Gasteiger partial charge < -0.3 is 19.5 Å². The zero-order chi connectivity index (χ0) is 31.2. The van der Waals surface area contributed by atoms with Crippen molar-refractivity contribution in [2.24, 2.45) is 17.8 Å². The molecule has 2 N–H and O–H groups in total. The van der Waals surface area contributed by atoms with Crippen LogP contribution in [0.15, 0.2) is 48.6 Å². The molecule has 1 spiro atoms. The molecule has 0 saturated heterocycles. The fourth-order valence-electron chi connectivity index (χ4n) is 7.91. The topological polar surface area (TPSA) is 105 Å². The second kappa shape index (κ2) is 12.3. The smallest absolute Gasteiger partial charge is 0.264 e. The van der Waals surface area contributed by atoms with Crippen LogP contribution in [-0.2, 0) is 26.6 Å². The van der Waals surface area contributed by atoms with Crippen LogP contribution in [0.3, 0.4) is 0 Å². The first-order valence-corrected chi connectivity index (χ1v) is 17.7. The Morgan fingerprint density at radius 1 is 1.18 bits per heavy atom. The summed E-state index contributed by atoms with van der Waals surface area (Å²) >= 11 is 6.40. The Labute approximate surface area is 265 Å². The molecule has 44 heavy (non-hydrogen) atoms. The summed E-state index contributed by atoms with van der Waals surface area (Å²) in [5.41, 5.74) is 3.24. The normalized spacial score (nSPS) is 32.5. The van der Waals surface area contributed by atoms with Crippen LogP contribution in [0, 0.1) is 17.8 Å². The zero-order valence-electron chi connectivity index (χ0n) is 25.7. The Bertz CT molecular complexity index is 1540. The highest BCUT2D eigenvalue weighted by Crippen LogP contribution is 2.46. The lowest BCUT2D eigenvalue weighted by atomic mass is 9.68. The van der Waals surface area contributed by atoms with Gasteiger partial charge >= 0.3 is 0 Å². The monoisotopic (exact) mass is 642 g/mol. The number of aryl methyl sites for hydroxylation is 1. The third-order valence-electron chi connectivity index (χ3n) is 10.3. The summed E-state index contributed by atoms with van der Waals surface area (Å²) < 4.78 is 41.8. The minimum atomic E-state index is -4.11. The number of nitrogens with zero attached hydrogens (tertiary/aromatic N) is 1. The van der Waals surface area contributed by atoms with Gasteiger partial charge in [-0.3, -0.25) is 4.79 Å². The lowest BCUT2D eigenvalue weighted by molar-refractivity contribution is 0.0450. The predicted octanol–water partition coefficient (Wildman–Crippen LogP) is 5.26. The minimum absolute atomic E-state index is 0.0808. The molecule has 2 aromatic rings. The molecule has 1 unspecified atom stereocenters. The van der Waals surface area contributed by atoms with E-state index in [-0.39, 0.29) is 28.7 Å². The molecule has 2 heterocycles. The molecule has 0 radical (unpaired) electrons. The van der Waals surface area contributed by atoms with Crippen LogP contribution < -0.4 is 14.4 Å². The number of sulfonamides is 1. The van der Waals surface area contributed by atoms with Gasteiger partial charge in [0.2, 0.25) is 10.0 Å². The number of ether oxygens (including phenoxy) is 2. The Hall–Kier alpha value is -2.59. The third-order valence-corrected chi connectivity index (χ3v) is 12.6. The Kier molecular flexibility index (Phi) is 8.78. The van der Waals surface area contributed by atoms with Crippen LogP contribution in [0.4, 0.5) is 5.69 Å². The van der Waals surface area contributed by atoms with Gasteiger partial charge in [-0.2, -0.15) is 0 Å². The van der Waals surface area contributed by atoms with Crippen LogP contribution in [0.1, 0.15) is 67.4 Å². The zero-order valence-corrected chi connectivity index (χ0v) is 27.2. The second-order valence-electron chi connectivity index (χ2n) is 13.4. The van der Waals surface area contributed by atoms with Gasteiger partial charge in [0.05, 0.1) is 24.5 Å². The molecule has 1 amide bonds. The summed E-state index contributed by atoms with van der Waals surface area (Å²) in [5, 5.41) is 11.0. The summed E-state index contributed by atoms with van der Waals surface area (Å²) in [7, 11) is -2.63. The summed E-state index contributed by atoms with van der Waals surface area (Å²) in [5.74, 6) is -0.00166. The van der Waals surface area contributed by atoms with Crippen LogP contribution in [0.2, 0.25) is 5.02 Å². The summed E-state index contributed by atoms with van der Waals surface area (Å²) in [4.78, 5) is 15.9. The molecule has 1 fully saturated rings. The predicted molar refractivity (Wildman–Crippen MR) is 172 cm³/mol. The van der Waals surface area contributed by atoms with E-state index in [2.05, 4.69) is 21.8 Å².